The molecule has 10 nitrogen and oxygen atoms in total. The molecule has 2 aliphatic heterocycles. The summed E-state index contributed by atoms with van der Waals surface area (Å²) in [5.41, 5.74) is -0.476. The van der Waals surface area contributed by atoms with Crippen molar-refractivity contribution in [3.05, 3.63) is 74.2 Å². The summed E-state index contributed by atoms with van der Waals surface area (Å²) in [5, 5.41) is 34.3. The van der Waals surface area contributed by atoms with Crippen molar-refractivity contribution in [1.82, 2.24) is 10.6 Å². The van der Waals surface area contributed by atoms with E-state index in [9.17, 15) is 19.8 Å². The number of aliphatic hydroxyl groups is 2. The minimum Gasteiger partial charge on any atom is -0.454 e. The Labute approximate surface area is 302 Å². The molecule has 13 heteroatoms. The molecule has 2 aromatic carbocycles. The van der Waals surface area contributed by atoms with Crippen LogP contribution in [0.3, 0.4) is 0 Å². The van der Waals surface area contributed by atoms with E-state index < -0.39 is 47.6 Å². The topological polar surface area (TPSA) is 130 Å². The molecular weight excluding hydrogens is 693 g/mol. The fourth-order valence-corrected chi connectivity index (χ4v) is 9.10. The number of hydrogen-bond acceptors (Lipinski definition) is 10. The van der Waals surface area contributed by atoms with Crippen LogP contribution in [0.5, 0.6) is 0 Å². The summed E-state index contributed by atoms with van der Waals surface area (Å²) in [7, 11) is 1.68. The number of anilines is 1. The highest BCUT2D eigenvalue weighted by Gasteiger charge is 2.62. The summed E-state index contributed by atoms with van der Waals surface area (Å²) in [5.74, 6) is -1.78. The van der Waals surface area contributed by atoms with Gasteiger partial charge in [0.1, 0.15) is 17.2 Å². The zero-order valence-electron chi connectivity index (χ0n) is 28.2. The highest BCUT2D eigenvalue weighted by atomic mass is 35.5. The summed E-state index contributed by atoms with van der Waals surface area (Å²) in [4.78, 5) is 32.4. The zero-order valence-corrected chi connectivity index (χ0v) is 30.5. The predicted octanol–water partition coefficient (Wildman–Crippen LogP) is 5.53. The van der Waals surface area contributed by atoms with E-state index in [1.807, 2.05) is 26.0 Å². The number of nitrogens with one attached hydrogen (secondary N) is 2. The molecule has 0 radical (unpaired) electrons. The van der Waals surface area contributed by atoms with Crippen molar-refractivity contribution in [2.75, 3.05) is 18.7 Å². The number of carbonyl (C=O) groups is 2. The van der Waals surface area contributed by atoms with E-state index in [1.165, 1.54) is 12.0 Å². The Morgan fingerprint density at radius 1 is 1.14 bits per heavy atom. The molecule has 10 atom stereocenters. The predicted molar refractivity (Wildman–Crippen MR) is 187 cm³/mol. The first kappa shape index (κ1) is 36.4. The van der Waals surface area contributed by atoms with Gasteiger partial charge < -0.3 is 25.0 Å². The summed E-state index contributed by atoms with van der Waals surface area (Å²) in [6.45, 7) is 8.40. The van der Waals surface area contributed by atoms with E-state index in [2.05, 4.69) is 17.6 Å². The number of para-hydroxylation sites is 1. The summed E-state index contributed by atoms with van der Waals surface area (Å²) in [6, 6.07) is 9.58. The number of nitrogens with zero attached hydrogens (tertiary/aromatic N) is 1. The van der Waals surface area contributed by atoms with Crippen LogP contribution in [-0.4, -0.2) is 65.8 Å². The minimum absolute atomic E-state index is 0.0244. The van der Waals surface area contributed by atoms with Gasteiger partial charge in [0.2, 0.25) is 0 Å². The molecule has 0 amide bonds. The van der Waals surface area contributed by atoms with Gasteiger partial charge in [0, 0.05) is 48.5 Å². The minimum atomic E-state index is -1.57. The van der Waals surface area contributed by atoms with Crippen molar-refractivity contribution in [3.63, 3.8) is 0 Å². The van der Waals surface area contributed by atoms with Gasteiger partial charge in [0.15, 0.2) is 18.4 Å². The third kappa shape index (κ3) is 6.60. The Kier molecular flexibility index (Phi) is 10.4. The average molecular weight is 737 g/mol. The van der Waals surface area contributed by atoms with Gasteiger partial charge in [-0.25, -0.2) is 0 Å². The van der Waals surface area contributed by atoms with Gasteiger partial charge in [0.25, 0.3) is 0 Å². The standard InChI is InChI=1S/C36H44Cl3N3O7/c1-18-13-26-24(19(2)16-40-17-22-14-23(37)10-12-27(22)38)11-9-20(3)36(26,46)32(31(18)47-21(4)43)48-33(44)29-15-35(45)25-7-6-8-28(39)30(25)42(5)49-34(35)41-29/h6-8,10,12-14,19-20,24,26,29,31-32,34,40-41,45-46H,9,11,15-17H2,1-5H3/t19?,20-,24+,26-,29+,31-,32+,34-,35-,36-/m1/s1. The molecule has 266 valence electrons. The Bertz CT molecular complexity index is 1640. The monoisotopic (exact) mass is 735 g/mol. The average Bonchev–Trinajstić information content (AvgIpc) is 3.39. The Hall–Kier alpha value is -2.41. The van der Waals surface area contributed by atoms with Crippen LogP contribution in [0, 0.1) is 23.7 Å². The SMILES string of the molecule is CC(=O)O[C@@H]1C(C)=C[C@@H]2[C@H](C(C)CNCc3cc(Cl)ccc3Cl)CC[C@@H](C)[C@]2(O)[C@H]1OC(=O)[C@@H]1C[C@@]2(O)c3cccc(Cl)c3N(C)O[C@H]2N1. The van der Waals surface area contributed by atoms with Crippen molar-refractivity contribution in [2.45, 2.75) is 89.2 Å². The number of benzene rings is 2. The van der Waals surface area contributed by atoms with E-state index in [1.54, 1.807) is 37.4 Å². The maximum atomic E-state index is 14.1. The van der Waals surface area contributed by atoms with Crippen LogP contribution >= 0.6 is 34.8 Å². The van der Waals surface area contributed by atoms with Gasteiger partial charge >= 0.3 is 11.9 Å². The van der Waals surface area contributed by atoms with Crippen LogP contribution < -0.4 is 15.7 Å². The van der Waals surface area contributed by atoms with E-state index in [4.69, 9.17) is 49.1 Å². The summed E-state index contributed by atoms with van der Waals surface area (Å²) in [6.07, 6.45) is 0.333. The third-order valence-corrected chi connectivity index (χ3v) is 11.9. The molecule has 2 fully saturated rings. The molecular formula is C36H44Cl3N3O7. The molecule has 1 saturated carbocycles. The van der Waals surface area contributed by atoms with Crippen LogP contribution in [-0.2, 0) is 36.0 Å². The van der Waals surface area contributed by atoms with Crippen LogP contribution in [0.2, 0.25) is 15.1 Å². The number of hydrogen-bond donors (Lipinski definition) is 4. The molecule has 49 heavy (non-hydrogen) atoms. The van der Waals surface area contributed by atoms with Crippen molar-refractivity contribution < 1.29 is 34.1 Å². The van der Waals surface area contributed by atoms with Gasteiger partial charge in [-0.1, -0.05) is 66.9 Å². The molecule has 2 heterocycles. The molecule has 0 aromatic heterocycles. The number of halogens is 3. The fraction of sp³-hybridized carbons (Fsp3) is 0.556. The normalized spacial score (nSPS) is 34.3. The first-order valence-electron chi connectivity index (χ1n) is 16.8. The lowest BCUT2D eigenvalue weighted by molar-refractivity contribution is -0.225. The number of ether oxygens (including phenoxy) is 2. The van der Waals surface area contributed by atoms with E-state index in [0.29, 0.717) is 51.4 Å². The van der Waals surface area contributed by atoms with Crippen LogP contribution in [0.1, 0.15) is 58.1 Å². The summed E-state index contributed by atoms with van der Waals surface area (Å²) < 4.78 is 12.0. The quantitative estimate of drug-likeness (QED) is 0.203. The zero-order chi connectivity index (χ0) is 35.4. The van der Waals surface area contributed by atoms with Crippen molar-refractivity contribution in [2.24, 2.45) is 23.7 Å². The molecule has 2 aliphatic carbocycles. The van der Waals surface area contributed by atoms with Crippen LogP contribution in [0.15, 0.2) is 48.0 Å². The molecule has 1 saturated heterocycles. The van der Waals surface area contributed by atoms with Gasteiger partial charge in [-0.15, -0.1) is 0 Å². The molecule has 0 bridgehead atoms. The molecule has 4 N–H and O–H groups in total. The van der Waals surface area contributed by atoms with Crippen molar-refractivity contribution >= 4 is 52.4 Å². The maximum Gasteiger partial charge on any atom is 0.323 e. The number of carbonyl (C=O) groups excluding carboxylic acids is 2. The first-order valence-corrected chi connectivity index (χ1v) is 17.9. The van der Waals surface area contributed by atoms with Gasteiger partial charge in [0.05, 0.1) is 10.7 Å². The lowest BCUT2D eigenvalue weighted by atomic mass is 9.55. The number of hydroxylamine groups is 1. The molecule has 4 aliphatic rings. The molecule has 6 rings (SSSR count). The van der Waals surface area contributed by atoms with Crippen LogP contribution in [0.4, 0.5) is 5.69 Å². The van der Waals surface area contributed by atoms with Gasteiger partial charge in [-0.2, -0.15) is 0 Å². The smallest absolute Gasteiger partial charge is 0.323 e. The number of rotatable bonds is 8. The second-order valence-corrected chi connectivity index (χ2v) is 15.4. The maximum absolute atomic E-state index is 14.1. The molecule has 0 spiro atoms. The van der Waals surface area contributed by atoms with E-state index >= 15 is 0 Å². The van der Waals surface area contributed by atoms with E-state index in [0.717, 1.165) is 12.0 Å². The number of esters is 2. The lowest BCUT2D eigenvalue weighted by Gasteiger charge is -2.56. The van der Waals surface area contributed by atoms with Crippen molar-refractivity contribution in [3.8, 4) is 0 Å². The second-order valence-electron chi connectivity index (χ2n) is 14.2. The molecule has 2 aromatic rings. The van der Waals surface area contributed by atoms with E-state index in [-0.39, 0.29) is 30.1 Å². The van der Waals surface area contributed by atoms with Crippen LogP contribution in [0.25, 0.3) is 0 Å². The fourth-order valence-electron chi connectivity index (χ4n) is 8.42. The largest absolute Gasteiger partial charge is 0.454 e. The van der Waals surface area contributed by atoms with Gasteiger partial charge in [-0.05, 0) is 79.5 Å². The number of fused-ring (bicyclic) bond motifs is 4. The highest BCUT2D eigenvalue weighted by molar-refractivity contribution is 6.34. The van der Waals surface area contributed by atoms with Gasteiger partial charge in [-0.3, -0.25) is 24.8 Å². The highest BCUT2D eigenvalue weighted by Crippen LogP contribution is 2.53. The van der Waals surface area contributed by atoms with Crippen molar-refractivity contribution in [1.29, 1.82) is 0 Å². The Morgan fingerprint density at radius 3 is 2.63 bits per heavy atom. The Morgan fingerprint density at radius 2 is 1.90 bits per heavy atom. The Balaban J connectivity index is 1.24. The summed E-state index contributed by atoms with van der Waals surface area (Å²) >= 11 is 19.0. The first-order chi connectivity index (χ1) is 23.1. The second kappa shape index (κ2) is 14.0. The lowest BCUT2D eigenvalue weighted by Crippen LogP contribution is -2.66. The third-order valence-electron chi connectivity index (χ3n) is 11.0. The molecule has 1 unspecified atom stereocenters.